The molecule has 0 spiro atoms. The fourth-order valence-corrected chi connectivity index (χ4v) is 1.41. The summed E-state index contributed by atoms with van der Waals surface area (Å²) in [7, 11) is 1.72. The van der Waals surface area contributed by atoms with E-state index in [1.165, 1.54) is 11.1 Å². The lowest BCUT2D eigenvalue weighted by Crippen LogP contribution is -2.86. The third kappa shape index (κ3) is 4.64. The molecule has 0 aliphatic heterocycles. The zero-order chi connectivity index (χ0) is 11.8. The van der Waals surface area contributed by atoms with Gasteiger partial charge >= 0.3 is 0 Å². The lowest BCUT2D eigenvalue weighted by atomic mass is 10.1. The van der Waals surface area contributed by atoms with Crippen LogP contribution in [0.5, 0.6) is 5.75 Å². The predicted molar refractivity (Wildman–Crippen MR) is 64.9 cm³/mol. The summed E-state index contributed by atoms with van der Waals surface area (Å²) in [6, 6.07) is 6.21. The number of benzene rings is 1. The largest absolute Gasteiger partial charge is 0.488 e. The lowest BCUT2D eigenvalue weighted by Gasteiger charge is -2.07. The van der Waals surface area contributed by atoms with Crippen molar-refractivity contribution in [2.75, 3.05) is 33.4 Å². The highest BCUT2D eigenvalue weighted by molar-refractivity contribution is 5.33. The first-order chi connectivity index (χ1) is 7.74. The highest BCUT2D eigenvalue weighted by Crippen LogP contribution is 2.15. The smallest absolute Gasteiger partial charge is 0.137 e. The zero-order valence-electron chi connectivity index (χ0n) is 10.5. The third-order valence-corrected chi connectivity index (χ3v) is 2.60. The van der Waals surface area contributed by atoms with Crippen LogP contribution < -0.4 is 10.1 Å². The summed E-state index contributed by atoms with van der Waals surface area (Å²) in [6.45, 7) is 7.71. The maximum absolute atomic E-state index is 5.65. The van der Waals surface area contributed by atoms with Crippen molar-refractivity contribution in [1.29, 1.82) is 0 Å². The molecule has 3 heteroatoms. The van der Waals surface area contributed by atoms with E-state index in [2.05, 4.69) is 31.3 Å². The van der Waals surface area contributed by atoms with Crippen molar-refractivity contribution in [3.05, 3.63) is 29.3 Å². The van der Waals surface area contributed by atoms with Gasteiger partial charge in [0.25, 0.3) is 0 Å². The lowest BCUT2D eigenvalue weighted by molar-refractivity contribution is -0.656. The van der Waals surface area contributed by atoms with Gasteiger partial charge in [-0.3, -0.25) is 0 Å². The van der Waals surface area contributed by atoms with Crippen LogP contribution in [0.25, 0.3) is 0 Å². The van der Waals surface area contributed by atoms with Gasteiger partial charge in [-0.15, -0.1) is 0 Å². The molecule has 0 heterocycles. The molecule has 0 saturated carbocycles. The van der Waals surface area contributed by atoms with Crippen molar-refractivity contribution in [3.8, 4) is 5.75 Å². The van der Waals surface area contributed by atoms with Crippen LogP contribution in [-0.4, -0.2) is 33.4 Å². The van der Waals surface area contributed by atoms with E-state index in [0.717, 1.165) is 32.1 Å². The number of quaternary nitrogens is 1. The summed E-state index contributed by atoms with van der Waals surface area (Å²) in [4.78, 5) is 0. The van der Waals surface area contributed by atoms with E-state index < -0.39 is 0 Å². The van der Waals surface area contributed by atoms with E-state index in [1.54, 1.807) is 7.11 Å². The van der Waals surface area contributed by atoms with Crippen LogP contribution in [0.1, 0.15) is 11.1 Å². The molecule has 90 valence electrons. The van der Waals surface area contributed by atoms with Gasteiger partial charge in [-0.05, 0) is 37.1 Å². The normalized spacial score (nSPS) is 10.4. The van der Waals surface area contributed by atoms with Crippen molar-refractivity contribution in [3.63, 3.8) is 0 Å². The number of rotatable bonds is 7. The first-order valence-corrected chi connectivity index (χ1v) is 5.74. The summed E-state index contributed by atoms with van der Waals surface area (Å²) in [5.74, 6) is 0.961. The molecule has 0 radical (unpaired) electrons. The van der Waals surface area contributed by atoms with Gasteiger partial charge in [-0.2, -0.15) is 0 Å². The highest BCUT2D eigenvalue weighted by atomic mass is 16.5. The Hall–Kier alpha value is -1.06. The Morgan fingerprint density at radius 3 is 2.50 bits per heavy atom. The maximum Gasteiger partial charge on any atom is 0.137 e. The summed E-state index contributed by atoms with van der Waals surface area (Å²) < 4.78 is 10.6. The van der Waals surface area contributed by atoms with Crippen LogP contribution in [0.2, 0.25) is 0 Å². The van der Waals surface area contributed by atoms with Crippen molar-refractivity contribution in [1.82, 2.24) is 0 Å². The minimum Gasteiger partial charge on any atom is -0.488 e. The van der Waals surface area contributed by atoms with Crippen molar-refractivity contribution in [2.45, 2.75) is 13.8 Å². The van der Waals surface area contributed by atoms with Crippen LogP contribution in [0.3, 0.4) is 0 Å². The van der Waals surface area contributed by atoms with Crippen LogP contribution >= 0.6 is 0 Å². The molecular weight excluding hydrogens is 202 g/mol. The molecule has 0 amide bonds. The summed E-state index contributed by atoms with van der Waals surface area (Å²) in [5.41, 5.74) is 2.58. The second kappa shape index (κ2) is 7.25. The van der Waals surface area contributed by atoms with Gasteiger partial charge in [0.05, 0.1) is 13.2 Å². The van der Waals surface area contributed by atoms with E-state index >= 15 is 0 Å². The molecule has 2 N–H and O–H groups in total. The molecule has 0 bridgehead atoms. The van der Waals surface area contributed by atoms with Crippen LogP contribution in [-0.2, 0) is 4.74 Å². The number of hydrogen-bond acceptors (Lipinski definition) is 2. The first kappa shape index (κ1) is 13.0. The Balaban J connectivity index is 2.19. The highest BCUT2D eigenvalue weighted by Gasteiger charge is 1.97. The molecule has 0 aliphatic rings. The monoisotopic (exact) mass is 224 g/mol. The SMILES string of the molecule is COCC[NH2+]CCOc1ccc(C)c(C)c1. The van der Waals surface area contributed by atoms with Gasteiger partial charge in [0.15, 0.2) is 0 Å². The maximum atomic E-state index is 5.65. The van der Waals surface area contributed by atoms with Gasteiger partial charge in [0, 0.05) is 7.11 Å². The van der Waals surface area contributed by atoms with Crippen LogP contribution in [0.15, 0.2) is 18.2 Å². The predicted octanol–water partition coefficient (Wildman–Crippen LogP) is 0.892. The van der Waals surface area contributed by atoms with E-state index in [-0.39, 0.29) is 0 Å². The summed E-state index contributed by atoms with van der Waals surface area (Å²) in [5, 5.41) is 2.20. The Morgan fingerprint density at radius 1 is 1.06 bits per heavy atom. The number of aryl methyl sites for hydroxylation is 2. The fraction of sp³-hybridized carbons (Fsp3) is 0.538. The molecule has 0 saturated heterocycles. The average molecular weight is 224 g/mol. The van der Waals surface area contributed by atoms with Crippen LogP contribution in [0.4, 0.5) is 0 Å². The van der Waals surface area contributed by atoms with Crippen LogP contribution in [0, 0.1) is 13.8 Å². The van der Waals surface area contributed by atoms with Gasteiger partial charge in [-0.1, -0.05) is 6.07 Å². The molecule has 1 aromatic carbocycles. The minimum atomic E-state index is 0.742. The molecule has 0 unspecified atom stereocenters. The third-order valence-electron chi connectivity index (χ3n) is 2.60. The summed E-state index contributed by atoms with van der Waals surface area (Å²) in [6.07, 6.45) is 0. The van der Waals surface area contributed by atoms with Gasteiger partial charge < -0.3 is 14.8 Å². The molecule has 0 atom stereocenters. The Kier molecular flexibility index (Phi) is 5.90. The van der Waals surface area contributed by atoms with E-state index in [9.17, 15) is 0 Å². The fourth-order valence-electron chi connectivity index (χ4n) is 1.41. The number of nitrogens with two attached hydrogens (primary N) is 1. The Labute approximate surface area is 97.8 Å². The van der Waals surface area contributed by atoms with Crippen molar-refractivity contribution in [2.24, 2.45) is 0 Å². The number of methoxy groups -OCH3 is 1. The molecule has 16 heavy (non-hydrogen) atoms. The first-order valence-electron chi connectivity index (χ1n) is 5.74. The topological polar surface area (TPSA) is 35.1 Å². The average Bonchev–Trinajstić information content (AvgIpc) is 2.28. The second-order valence-corrected chi connectivity index (χ2v) is 3.95. The molecule has 1 rings (SSSR count). The second-order valence-electron chi connectivity index (χ2n) is 3.95. The Morgan fingerprint density at radius 2 is 1.81 bits per heavy atom. The van der Waals surface area contributed by atoms with Crippen molar-refractivity contribution >= 4 is 0 Å². The van der Waals surface area contributed by atoms with Crippen molar-refractivity contribution < 1.29 is 14.8 Å². The van der Waals surface area contributed by atoms with Gasteiger partial charge in [0.1, 0.15) is 18.9 Å². The standard InChI is InChI=1S/C13H21NO2/c1-11-4-5-13(10-12(11)2)16-9-7-14-6-8-15-3/h4-5,10,14H,6-9H2,1-3H3/p+1. The number of hydrogen-bond donors (Lipinski definition) is 1. The zero-order valence-corrected chi connectivity index (χ0v) is 10.5. The summed E-state index contributed by atoms with van der Waals surface area (Å²) >= 11 is 0. The van der Waals surface area contributed by atoms with Gasteiger partial charge in [0.2, 0.25) is 0 Å². The van der Waals surface area contributed by atoms with E-state index in [4.69, 9.17) is 9.47 Å². The van der Waals surface area contributed by atoms with Gasteiger partial charge in [-0.25, -0.2) is 0 Å². The molecule has 0 aliphatic carbocycles. The minimum absolute atomic E-state index is 0.742. The number of ether oxygens (including phenoxy) is 2. The Bertz CT molecular complexity index is 313. The molecule has 1 aromatic rings. The molecule has 0 fully saturated rings. The quantitative estimate of drug-likeness (QED) is 0.698. The molecule has 0 aromatic heterocycles. The molecular formula is C13H22NO2+. The molecule has 3 nitrogen and oxygen atoms in total. The van der Waals surface area contributed by atoms with E-state index in [0.29, 0.717) is 0 Å². The van der Waals surface area contributed by atoms with E-state index in [1.807, 2.05) is 6.07 Å².